The zero-order valence-electron chi connectivity index (χ0n) is 11.3. The minimum absolute atomic E-state index is 0.340. The zero-order chi connectivity index (χ0) is 12.1. The number of nitrogens with two attached hydrogens (primary N) is 1. The van der Waals surface area contributed by atoms with E-state index < -0.39 is 0 Å². The molecular weight excluding hydrogens is 200 g/mol. The normalized spacial score (nSPS) is 29.6. The van der Waals surface area contributed by atoms with Crippen molar-refractivity contribution in [1.82, 2.24) is 4.90 Å². The second-order valence-electron chi connectivity index (χ2n) is 5.09. The van der Waals surface area contributed by atoms with E-state index >= 15 is 0 Å². The molecule has 0 saturated carbocycles. The number of hydrogen-bond acceptors (Lipinski definition) is 3. The monoisotopic (exact) mass is 228 g/mol. The Hall–Kier alpha value is -0.120. The van der Waals surface area contributed by atoms with E-state index in [-0.39, 0.29) is 0 Å². The Morgan fingerprint density at radius 1 is 1.19 bits per heavy atom. The molecule has 1 aliphatic heterocycles. The molecule has 0 aromatic carbocycles. The summed E-state index contributed by atoms with van der Waals surface area (Å²) in [6, 6.07) is 0.531. The maximum absolute atomic E-state index is 5.96. The minimum atomic E-state index is 0.340. The van der Waals surface area contributed by atoms with Crippen LogP contribution in [-0.2, 0) is 4.74 Å². The second-order valence-corrected chi connectivity index (χ2v) is 5.09. The molecule has 1 rings (SSSR count). The van der Waals surface area contributed by atoms with Crippen LogP contribution in [0.5, 0.6) is 0 Å². The van der Waals surface area contributed by atoms with E-state index in [1.165, 1.54) is 12.8 Å². The average Bonchev–Trinajstić information content (AvgIpc) is 2.24. The summed E-state index contributed by atoms with van der Waals surface area (Å²) < 4.78 is 5.78. The van der Waals surface area contributed by atoms with Crippen LogP contribution in [0.4, 0.5) is 0 Å². The highest BCUT2D eigenvalue weighted by Gasteiger charge is 2.30. The van der Waals surface area contributed by atoms with Gasteiger partial charge in [-0.15, -0.1) is 0 Å². The summed E-state index contributed by atoms with van der Waals surface area (Å²) in [6.07, 6.45) is 3.12. The summed E-state index contributed by atoms with van der Waals surface area (Å²) in [5.74, 6) is 0.725. The first-order valence-corrected chi connectivity index (χ1v) is 6.71. The Morgan fingerprint density at radius 3 is 2.06 bits per heavy atom. The summed E-state index contributed by atoms with van der Waals surface area (Å²) in [5.41, 5.74) is 5.96. The van der Waals surface area contributed by atoms with E-state index in [0.29, 0.717) is 18.2 Å². The van der Waals surface area contributed by atoms with Crippen LogP contribution in [0.3, 0.4) is 0 Å². The number of morpholine rings is 1. The quantitative estimate of drug-likeness (QED) is 0.780. The predicted octanol–water partition coefficient (Wildman–Crippen LogP) is 1.86. The molecule has 0 amide bonds. The molecule has 0 aromatic heterocycles. The van der Waals surface area contributed by atoms with Gasteiger partial charge < -0.3 is 10.5 Å². The molecule has 0 spiro atoms. The average molecular weight is 228 g/mol. The fourth-order valence-corrected chi connectivity index (χ4v) is 2.96. The topological polar surface area (TPSA) is 38.5 Å². The van der Waals surface area contributed by atoms with Gasteiger partial charge in [-0.2, -0.15) is 0 Å². The van der Waals surface area contributed by atoms with Gasteiger partial charge >= 0.3 is 0 Å². The lowest BCUT2D eigenvalue weighted by atomic mass is 9.92. The molecule has 3 atom stereocenters. The summed E-state index contributed by atoms with van der Waals surface area (Å²) in [4.78, 5) is 2.54. The lowest BCUT2D eigenvalue weighted by molar-refractivity contribution is -0.0862. The zero-order valence-corrected chi connectivity index (χ0v) is 11.3. The molecule has 1 saturated heterocycles. The smallest absolute Gasteiger partial charge is 0.0678 e. The van der Waals surface area contributed by atoms with Crippen LogP contribution in [0.15, 0.2) is 0 Å². The standard InChI is InChI=1S/C13H28N2O/c1-5-12(6-2)13(7-14)15-8-10(3)16-11(4)9-15/h10-13H,5-9,14H2,1-4H3/t10-,11+,13?. The van der Waals surface area contributed by atoms with Gasteiger partial charge in [0.15, 0.2) is 0 Å². The molecule has 16 heavy (non-hydrogen) atoms. The van der Waals surface area contributed by atoms with Crippen molar-refractivity contribution in [2.24, 2.45) is 11.7 Å². The molecule has 2 N–H and O–H groups in total. The van der Waals surface area contributed by atoms with Gasteiger partial charge in [0.25, 0.3) is 0 Å². The lowest BCUT2D eigenvalue weighted by Crippen LogP contribution is -2.54. The minimum Gasteiger partial charge on any atom is -0.373 e. The number of nitrogens with zero attached hydrogens (tertiary/aromatic N) is 1. The third kappa shape index (κ3) is 3.44. The van der Waals surface area contributed by atoms with Crippen molar-refractivity contribution < 1.29 is 4.74 Å². The second kappa shape index (κ2) is 6.58. The van der Waals surface area contributed by atoms with Gasteiger partial charge in [-0.05, 0) is 19.8 Å². The summed E-state index contributed by atoms with van der Waals surface area (Å²) in [5, 5.41) is 0. The van der Waals surface area contributed by atoms with Crippen LogP contribution >= 0.6 is 0 Å². The Kier molecular flexibility index (Phi) is 5.73. The molecule has 3 nitrogen and oxygen atoms in total. The van der Waals surface area contributed by atoms with Crippen molar-refractivity contribution in [3.63, 3.8) is 0 Å². The van der Waals surface area contributed by atoms with E-state index in [9.17, 15) is 0 Å². The van der Waals surface area contributed by atoms with E-state index in [1.807, 2.05) is 0 Å². The van der Waals surface area contributed by atoms with Crippen molar-refractivity contribution >= 4 is 0 Å². The maximum Gasteiger partial charge on any atom is 0.0678 e. The molecule has 3 heteroatoms. The van der Waals surface area contributed by atoms with Crippen LogP contribution < -0.4 is 5.73 Å². The molecular formula is C13H28N2O. The summed E-state index contributed by atoms with van der Waals surface area (Å²) in [6.45, 7) is 11.7. The van der Waals surface area contributed by atoms with Crippen molar-refractivity contribution in [2.75, 3.05) is 19.6 Å². The van der Waals surface area contributed by atoms with Crippen molar-refractivity contribution in [2.45, 2.75) is 58.8 Å². The van der Waals surface area contributed by atoms with Crippen LogP contribution in [-0.4, -0.2) is 42.8 Å². The highest BCUT2D eigenvalue weighted by molar-refractivity contribution is 4.84. The Balaban J connectivity index is 2.63. The summed E-state index contributed by atoms with van der Waals surface area (Å²) >= 11 is 0. The molecule has 0 aromatic rings. The Morgan fingerprint density at radius 2 is 1.69 bits per heavy atom. The Labute approximate surface area is 100 Å². The van der Waals surface area contributed by atoms with Gasteiger partial charge in [0, 0.05) is 25.7 Å². The third-order valence-electron chi connectivity index (χ3n) is 3.75. The van der Waals surface area contributed by atoms with Gasteiger partial charge in [-0.3, -0.25) is 4.90 Å². The predicted molar refractivity (Wildman–Crippen MR) is 68.5 cm³/mol. The molecule has 1 heterocycles. The molecule has 0 bridgehead atoms. The highest BCUT2D eigenvalue weighted by atomic mass is 16.5. The van der Waals surface area contributed by atoms with Crippen LogP contribution in [0.25, 0.3) is 0 Å². The van der Waals surface area contributed by atoms with Crippen molar-refractivity contribution in [3.8, 4) is 0 Å². The first-order valence-electron chi connectivity index (χ1n) is 6.71. The number of hydrogen-bond donors (Lipinski definition) is 1. The first-order chi connectivity index (χ1) is 7.62. The summed E-state index contributed by atoms with van der Waals surface area (Å²) in [7, 11) is 0. The maximum atomic E-state index is 5.96. The van der Waals surface area contributed by atoms with E-state index in [4.69, 9.17) is 10.5 Å². The van der Waals surface area contributed by atoms with Crippen molar-refractivity contribution in [1.29, 1.82) is 0 Å². The van der Waals surface area contributed by atoms with Gasteiger partial charge in [0.2, 0.25) is 0 Å². The fourth-order valence-electron chi connectivity index (χ4n) is 2.96. The van der Waals surface area contributed by atoms with E-state index in [2.05, 4.69) is 32.6 Å². The molecule has 0 radical (unpaired) electrons. The van der Waals surface area contributed by atoms with Crippen LogP contribution in [0.1, 0.15) is 40.5 Å². The van der Waals surface area contributed by atoms with Gasteiger partial charge in [-0.1, -0.05) is 26.7 Å². The van der Waals surface area contributed by atoms with Crippen LogP contribution in [0.2, 0.25) is 0 Å². The van der Waals surface area contributed by atoms with E-state index in [0.717, 1.165) is 25.6 Å². The van der Waals surface area contributed by atoms with Gasteiger partial charge in [0.05, 0.1) is 12.2 Å². The molecule has 1 unspecified atom stereocenters. The molecule has 0 aliphatic carbocycles. The first kappa shape index (κ1) is 13.9. The Bertz CT molecular complexity index is 184. The SMILES string of the molecule is CCC(CC)C(CN)N1C[C@@H](C)O[C@@H](C)C1. The number of ether oxygens (including phenoxy) is 1. The third-order valence-corrected chi connectivity index (χ3v) is 3.75. The fraction of sp³-hybridized carbons (Fsp3) is 1.00. The largest absolute Gasteiger partial charge is 0.373 e. The lowest BCUT2D eigenvalue weighted by Gasteiger charge is -2.42. The van der Waals surface area contributed by atoms with Crippen molar-refractivity contribution in [3.05, 3.63) is 0 Å². The molecule has 96 valence electrons. The van der Waals surface area contributed by atoms with Gasteiger partial charge in [-0.25, -0.2) is 0 Å². The van der Waals surface area contributed by atoms with E-state index in [1.54, 1.807) is 0 Å². The molecule has 1 aliphatic rings. The number of rotatable bonds is 5. The van der Waals surface area contributed by atoms with Gasteiger partial charge in [0.1, 0.15) is 0 Å². The van der Waals surface area contributed by atoms with Crippen LogP contribution in [0, 0.1) is 5.92 Å². The molecule has 1 fully saturated rings. The highest BCUT2D eigenvalue weighted by Crippen LogP contribution is 2.22.